The number of carbonyl (C=O) groups excluding carboxylic acids is 1. The zero-order chi connectivity index (χ0) is 8.72. The lowest BCUT2D eigenvalue weighted by Gasteiger charge is -1.89. The predicted molar refractivity (Wildman–Crippen MR) is 50.5 cm³/mol. The highest BCUT2D eigenvalue weighted by Gasteiger charge is 2.31. The maximum atomic E-state index is 11.5. The van der Waals surface area contributed by atoms with Crippen molar-refractivity contribution in [1.29, 1.82) is 0 Å². The summed E-state index contributed by atoms with van der Waals surface area (Å²) in [6.45, 7) is 1.95. The fourth-order valence-corrected chi connectivity index (χ4v) is 2.12. The van der Waals surface area contributed by atoms with Crippen LogP contribution >= 0.6 is 11.3 Å². The van der Waals surface area contributed by atoms with Gasteiger partial charge in [-0.15, -0.1) is 11.3 Å². The number of anilines is 1. The first-order chi connectivity index (χ1) is 5.68. The van der Waals surface area contributed by atoms with Gasteiger partial charge in [-0.1, -0.05) is 0 Å². The monoisotopic (exact) mass is 181 g/mol. The third-order valence-electron chi connectivity index (χ3n) is 2.15. The first-order valence-corrected chi connectivity index (χ1v) is 4.90. The van der Waals surface area contributed by atoms with E-state index in [1.54, 1.807) is 6.07 Å². The predicted octanol–water partition coefficient (Wildman–Crippen LogP) is 2.23. The van der Waals surface area contributed by atoms with Crippen molar-refractivity contribution < 1.29 is 4.79 Å². The molecular weight excluding hydrogens is 170 g/mol. The summed E-state index contributed by atoms with van der Waals surface area (Å²) in [6, 6.07) is 1.81. The summed E-state index contributed by atoms with van der Waals surface area (Å²) in [5, 5.41) is 0. The number of aryl methyl sites for hydroxylation is 1. The zero-order valence-electron chi connectivity index (χ0n) is 6.96. The van der Waals surface area contributed by atoms with E-state index in [0.717, 1.165) is 28.3 Å². The summed E-state index contributed by atoms with van der Waals surface area (Å²) in [4.78, 5) is 13.4. The first kappa shape index (κ1) is 7.80. The quantitative estimate of drug-likeness (QED) is 0.711. The summed E-state index contributed by atoms with van der Waals surface area (Å²) in [6.07, 6.45) is 2.13. The molecule has 0 atom stereocenters. The van der Waals surface area contributed by atoms with Gasteiger partial charge in [0.05, 0.1) is 4.88 Å². The van der Waals surface area contributed by atoms with E-state index in [9.17, 15) is 4.79 Å². The number of Topliss-reactive ketones (excluding diaryl/α,β-unsaturated/α-hetero) is 1. The van der Waals surface area contributed by atoms with Crippen LogP contribution < -0.4 is 5.73 Å². The van der Waals surface area contributed by atoms with Crippen LogP contribution in [0.15, 0.2) is 6.07 Å². The van der Waals surface area contributed by atoms with E-state index in [0.29, 0.717) is 11.7 Å². The Balaban J connectivity index is 2.27. The van der Waals surface area contributed by atoms with E-state index >= 15 is 0 Å². The molecule has 0 amide bonds. The van der Waals surface area contributed by atoms with Crippen LogP contribution in [0.1, 0.15) is 27.4 Å². The molecule has 0 bridgehead atoms. The van der Waals surface area contributed by atoms with E-state index < -0.39 is 0 Å². The molecule has 0 radical (unpaired) electrons. The Kier molecular flexibility index (Phi) is 1.68. The number of ketones is 1. The molecular formula is C9H11NOS. The van der Waals surface area contributed by atoms with Gasteiger partial charge in [0, 0.05) is 16.5 Å². The topological polar surface area (TPSA) is 43.1 Å². The minimum Gasteiger partial charge on any atom is -0.398 e. The molecule has 2 rings (SSSR count). The molecule has 1 aromatic heterocycles. The molecule has 0 saturated heterocycles. The Morgan fingerprint density at radius 1 is 1.67 bits per heavy atom. The highest BCUT2D eigenvalue weighted by Crippen LogP contribution is 2.35. The van der Waals surface area contributed by atoms with Crippen molar-refractivity contribution >= 4 is 22.8 Å². The molecule has 12 heavy (non-hydrogen) atoms. The van der Waals surface area contributed by atoms with Gasteiger partial charge in [0.1, 0.15) is 0 Å². The van der Waals surface area contributed by atoms with E-state index in [1.165, 1.54) is 11.3 Å². The van der Waals surface area contributed by atoms with E-state index in [-0.39, 0.29) is 0 Å². The lowest BCUT2D eigenvalue weighted by atomic mass is 10.2. The first-order valence-electron chi connectivity index (χ1n) is 4.08. The van der Waals surface area contributed by atoms with Crippen molar-refractivity contribution in [2.45, 2.75) is 19.8 Å². The van der Waals surface area contributed by atoms with Gasteiger partial charge in [0.15, 0.2) is 5.78 Å². The van der Waals surface area contributed by atoms with Gasteiger partial charge in [-0.3, -0.25) is 4.79 Å². The van der Waals surface area contributed by atoms with Gasteiger partial charge < -0.3 is 5.73 Å². The second-order valence-corrected chi connectivity index (χ2v) is 4.52. The fraction of sp³-hybridized carbons (Fsp3) is 0.444. The molecule has 1 heterocycles. The highest BCUT2D eigenvalue weighted by atomic mass is 32.1. The molecule has 1 saturated carbocycles. The van der Waals surface area contributed by atoms with Crippen molar-refractivity contribution in [3.63, 3.8) is 0 Å². The summed E-state index contributed by atoms with van der Waals surface area (Å²) in [7, 11) is 0. The molecule has 0 aliphatic heterocycles. The molecule has 64 valence electrons. The van der Waals surface area contributed by atoms with E-state index in [1.807, 2.05) is 6.92 Å². The SMILES string of the molecule is Cc1sc(C(=O)C2CC2)cc1N. The molecule has 1 aliphatic carbocycles. The minimum absolute atomic E-state index is 0.291. The largest absolute Gasteiger partial charge is 0.398 e. The Hall–Kier alpha value is -0.830. The van der Waals surface area contributed by atoms with Crippen molar-refractivity contribution in [1.82, 2.24) is 0 Å². The summed E-state index contributed by atoms with van der Waals surface area (Å²) in [5.74, 6) is 0.599. The second kappa shape index (κ2) is 2.59. The smallest absolute Gasteiger partial charge is 0.175 e. The summed E-state index contributed by atoms with van der Waals surface area (Å²) in [5.41, 5.74) is 6.41. The fourth-order valence-electron chi connectivity index (χ4n) is 1.16. The number of nitrogen functional groups attached to an aromatic ring is 1. The number of thiophene rings is 1. The number of rotatable bonds is 2. The number of carbonyl (C=O) groups is 1. The second-order valence-electron chi connectivity index (χ2n) is 3.26. The molecule has 2 nitrogen and oxygen atoms in total. The molecule has 1 aliphatic rings. The Morgan fingerprint density at radius 3 is 2.75 bits per heavy atom. The van der Waals surface area contributed by atoms with Crippen molar-refractivity contribution in [2.75, 3.05) is 5.73 Å². The van der Waals surface area contributed by atoms with Gasteiger partial charge in [-0.25, -0.2) is 0 Å². The van der Waals surface area contributed by atoms with Gasteiger partial charge >= 0.3 is 0 Å². The van der Waals surface area contributed by atoms with Crippen molar-refractivity contribution in [3.05, 3.63) is 15.8 Å². The van der Waals surface area contributed by atoms with Crippen LogP contribution in [0.3, 0.4) is 0 Å². The van der Waals surface area contributed by atoms with Crippen molar-refractivity contribution in [3.8, 4) is 0 Å². The maximum absolute atomic E-state index is 11.5. The van der Waals surface area contributed by atoms with Gasteiger partial charge in [0.25, 0.3) is 0 Å². The van der Waals surface area contributed by atoms with Crippen LogP contribution in [0.4, 0.5) is 5.69 Å². The maximum Gasteiger partial charge on any atom is 0.175 e. The van der Waals surface area contributed by atoms with E-state index in [4.69, 9.17) is 5.73 Å². The number of hydrogen-bond acceptors (Lipinski definition) is 3. The number of hydrogen-bond donors (Lipinski definition) is 1. The van der Waals surface area contributed by atoms with Gasteiger partial charge in [-0.2, -0.15) is 0 Å². The van der Waals surface area contributed by atoms with Gasteiger partial charge in [-0.05, 0) is 25.8 Å². The summed E-state index contributed by atoms with van der Waals surface area (Å²) < 4.78 is 0. The van der Waals surface area contributed by atoms with Crippen LogP contribution in [-0.4, -0.2) is 5.78 Å². The molecule has 0 spiro atoms. The van der Waals surface area contributed by atoms with Crippen LogP contribution in [-0.2, 0) is 0 Å². The Morgan fingerprint density at radius 2 is 2.33 bits per heavy atom. The highest BCUT2D eigenvalue weighted by molar-refractivity contribution is 7.14. The lowest BCUT2D eigenvalue weighted by Crippen LogP contribution is -1.97. The lowest BCUT2D eigenvalue weighted by molar-refractivity contribution is 0.0971. The van der Waals surface area contributed by atoms with Crippen LogP contribution in [0.2, 0.25) is 0 Å². The van der Waals surface area contributed by atoms with Crippen LogP contribution in [0.25, 0.3) is 0 Å². The average molecular weight is 181 g/mol. The summed E-state index contributed by atoms with van der Waals surface area (Å²) >= 11 is 1.52. The van der Waals surface area contributed by atoms with Crippen LogP contribution in [0, 0.1) is 12.8 Å². The molecule has 3 heteroatoms. The number of nitrogens with two attached hydrogens (primary N) is 1. The van der Waals surface area contributed by atoms with Gasteiger partial charge in [0.2, 0.25) is 0 Å². The zero-order valence-corrected chi connectivity index (χ0v) is 7.78. The molecule has 2 N–H and O–H groups in total. The average Bonchev–Trinajstić information content (AvgIpc) is 2.80. The molecule has 0 unspecified atom stereocenters. The molecule has 0 aromatic carbocycles. The normalized spacial score (nSPS) is 16.4. The third kappa shape index (κ3) is 1.25. The van der Waals surface area contributed by atoms with Crippen molar-refractivity contribution in [2.24, 2.45) is 5.92 Å². The molecule has 1 aromatic rings. The Labute approximate surface area is 75.4 Å². The third-order valence-corrected chi connectivity index (χ3v) is 3.23. The Bertz CT molecular complexity index is 306. The standard InChI is InChI=1S/C9H11NOS/c1-5-7(10)4-8(12-5)9(11)6-2-3-6/h4,6H,2-3,10H2,1H3. The van der Waals surface area contributed by atoms with Crippen LogP contribution in [0.5, 0.6) is 0 Å². The minimum atomic E-state index is 0.291. The van der Waals surface area contributed by atoms with E-state index in [2.05, 4.69) is 0 Å². The molecule has 1 fully saturated rings.